The van der Waals surface area contributed by atoms with E-state index in [0.717, 1.165) is 24.6 Å². The van der Waals surface area contributed by atoms with E-state index in [4.69, 9.17) is 4.74 Å². The number of hydrogen-bond acceptors (Lipinski definition) is 7. The van der Waals surface area contributed by atoms with Crippen molar-refractivity contribution in [3.05, 3.63) is 48.0 Å². The van der Waals surface area contributed by atoms with Crippen molar-refractivity contribution in [2.24, 2.45) is 0 Å². The molecule has 0 bridgehead atoms. The zero-order valence-corrected chi connectivity index (χ0v) is 19.5. The molecule has 2 N–H and O–H groups in total. The van der Waals surface area contributed by atoms with Gasteiger partial charge in [-0.1, -0.05) is 0 Å². The number of esters is 1. The van der Waals surface area contributed by atoms with E-state index in [9.17, 15) is 22.8 Å². The molecule has 1 fully saturated rings. The summed E-state index contributed by atoms with van der Waals surface area (Å²) in [6, 6.07) is 10.3. The van der Waals surface area contributed by atoms with Gasteiger partial charge in [-0.25, -0.2) is 13.2 Å². The Morgan fingerprint density at radius 1 is 1.15 bits per heavy atom. The van der Waals surface area contributed by atoms with E-state index in [-0.39, 0.29) is 23.1 Å². The molecule has 2 aliphatic rings. The van der Waals surface area contributed by atoms with Crippen molar-refractivity contribution in [1.82, 2.24) is 4.90 Å². The fourth-order valence-corrected chi connectivity index (χ4v) is 5.76. The van der Waals surface area contributed by atoms with Crippen molar-refractivity contribution < 1.29 is 27.5 Å². The molecule has 0 spiro atoms. The molecule has 0 aromatic heterocycles. The maximum Gasteiger partial charge on any atom is 0.338 e. The second-order valence-corrected chi connectivity index (χ2v) is 10.4. The molecule has 0 radical (unpaired) electrons. The third kappa shape index (κ3) is 4.98. The van der Waals surface area contributed by atoms with Crippen molar-refractivity contribution in [2.75, 3.05) is 29.7 Å². The highest BCUT2D eigenvalue weighted by atomic mass is 32.2. The lowest BCUT2D eigenvalue weighted by molar-refractivity contribution is -0.133. The van der Waals surface area contributed by atoms with Gasteiger partial charge in [0.25, 0.3) is 10.0 Å². The second kappa shape index (κ2) is 9.44. The number of likely N-dealkylation sites (tertiary alicyclic amines) is 1. The molecule has 0 saturated carbocycles. The van der Waals surface area contributed by atoms with Crippen LogP contribution < -0.4 is 10.0 Å². The van der Waals surface area contributed by atoms with Crippen molar-refractivity contribution in [2.45, 2.75) is 34.8 Å². The summed E-state index contributed by atoms with van der Waals surface area (Å²) < 4.78 is 33.1. The van der Waals surface area contributed by atoms with Gasteiger partial charge in [0, 0.05) is 23.7 Å². The van der Waals surface area contributed by atoms with Crippen LogP contribution in [0.5, 0.6) is 0 Å². The molecule has 4 rings (SSSR count). The highest BCUT2D eigenvalue weighted by Crippen LogP contribution is 2.38. The molecule has 1 saturated heterocycles. The first-order chi connectivity index (χ1) is 15.8. The minimum absolute atomic E-state index is 0.0408. The van der Waals surface area contributed by atoms with Gasteiger partial charge in [-0.05, 0) is 62.2 Å². The van der Waals surface area contributed by atoms with Gasteiger partial charge >= 0.3 is 5.97 Å². The number of carbonyl (C=O) groups is 3. The van der Waals surface area contributed by atoms with Gasteiger partial charge in [-0.2, -0.15) is 0 Å². The highest BCUT2D eigenvalue weighted by Gasteiger charge is 2.37. The molecule has 2 aromatic carbocycles. The van der Waals surface area contributed by atoms with E-state index in [1.807, 2.05) is 0 Å². The first-order valence-corrected chi connectivity index (χ1v) is 12.8. The van der Waals surface area contributed by atoms with Crippen LogP contribution in [-0.4, -0.2) is 56.0 Å². The Labute approximate surface area is 195 Å². The molecular weight excluding hydrogens is 466 g/mol. The van der Waals surface area contributed by atoms with Crippen LogP contribution in [0.25, 0.3) is 0 Å². The number of thioether (sulfide) groups is 1. The largest absolute Gasteiger partial charge is 0.462 e. The topological polar surface area (TPSA) is 122 Å². The minimum atomic E-state index is -3.95. The number of anilines is 2. The van der Waals surface area contributed by atoms with Crippen molar-refractivity contribution in [1.29, 1.82) is 0 Å². The van der Waals surface area contributed by atoms with Crippen LogP contribution in [-0.2, 0) is 24.3 Å². The van der Waals surface area contributed by atoms with Crippen molar-refractivity contribution in [3.8, 4) is 0 Å². The maximum atomic E-state index is 12.9. The van der Waals surface area contributed by atoms with Gasteiger partial charge in [-0.3, -0.25) is 14.3 Å². The summed E-state index contributed by atoms with van der Waals surface area (Å²) in [7, 11) is -3.95. The van der Waals surface area contributed by atoms with Crippen LogP contribution in [0.3, 0.4) is 0 Å². The van der Waals surface area contributed by atoms with E-state index in [2.05, 4.69) is 10.0 Å². The Morgan fingerprint density at radius 3 is 2.52 bits per heavy atom. The molecule has 2 heterocycles. The average molecular weight is 490 g/mol. The predicted octanol–water partition coefficient (Wildman–Crippen LogP) is 2.70. The van der Waals surface area contributed by atoms with Crippen LogP contribution >= 0.6 is 11.8 Å². The molecule has 11 heteroatoms. The van der Waals surface area contributed by atoms with Gasteiger partial charge in [0.1, 0.15) is 0 Å². The van der Waals surface area contributed by atoms with Crippen LogP contribution in [0.4, 0.5) is 11.4 Å². The van der Waals surface area contributed by atoms with E-state index in [0.29, 0.717) is 29.2 Å². The summed E-state index contributed by atoms with van der Waals surface area (Å²) in [6.45, 7) is 3.25. The third-order valence-electron chi connectivity index (χ3n) is 5.29. The Kier molecular flexibility index (Phi) is 6.61. The fourth-order valence-electron chi connectivity index (χ4n) is 3.62. The molecule has 1 atom stereocenters. The molecule has 33 heavy (non-hydrogen) atoms. The van der Waals surface area contributed by atoms with Crippen molar-refractivity contribution >= 4 is 50.9 Å². The zero-order valence-electron chi connectivity index (χ0n) is 17.9. The minimum Gasteiger partial charge on any atom is -0.462 e. The van der Waals surface area contributed by atoms with Gasteiger partial charge in [-0.15, -0.1) is 11.8 Å². The van der Waals surface area contributed by atoms with Crippen molar-refractivity contribution in [3.63, 3.8) is 0 Å². The quantitative estimate of drug-likeness (QED) is 0.473. The van der Waals surface area contributed by atoms with Gasteiger partial charge in [0.05, 0.1) is 22.8 Å². The summed E-state index contributed by atoms with van der Waals surface area (Å²) >= 11 is 1.13. The Hall–Kier alpha value is -3.05. The first-order valence-electron chi connectivity index (χ1n) is 10.5. The summed E-state index contributed by atoms with van der Waals surface area (Å²) in [5.74, 6) is -1.16. The number of hydrogen-bond donors (Lipinski definition) is 2. The molecule has 2 aromatic rings. The Bertz CT molecular complexity index is 1190. The zero-order chi connectivity index (χ0) is 23.6. The lowest BCUT2D eigenvalue weighted by Gasteiger charge is -2.27. The maximum absolute atomic E-state index is 12.9. The van der Waals surface area contributed by atoms with Crippen LogP contribution in [0.2, 0.25) is 0 Å². The number of sulfonamides is 1. The Morgan fingerprint density at radius 2 is 1.85 bits per heavy atom. The summed E-state index contributed by atoms with van der Waals surface area (Å²) in [5.41, 5.74) is 0.929. The van der Waals surface area contributed by atoms with E-state index in [1.54, 1.807) is 17.9 Å². The predicted molar refractivity (Wildman–Crippen MR) is 124 cm³/mol. The first kappa shape index (κ1) is 23.1. The lowest BCUT2D eigenvalue weighted by Crippen LogP contribution is -2.43. The number of carbonyl (C=O) groups excluding carboxylic acids is 3. The van der Waals surface area contributed by atoms with E-state index in [1.165, 1.54) is 36.4 Å². The fraction of sp³-hybridized carbons (Fsp3) is 0.318. The van der Waals surface area contributed by atoms with Gasteiger partial charge in [0.2, 0.25) is 11.8 Å². The molecule has 2 amide bonds. The standard InChI is InChI=1S/C22H23N3O6S2/c1-2-31-22(28)14-5-7-15(8-6-14)24-33(29,30)16-9-10-18-17(13-16)23-20(26)19(32-18)21(27)25-11-3-4-12-25/h5-10,13,19,24H,2-4,11-12H2,1H3,(H,23,26). The second-order valence-electron chi connectivity index (χ2n) is 7.58. The number of fused-ring (bicyclic) bond motifs is 1. The number of nitrogens with zero attached hydrogens (tertiary/aromatic N) is 1. The molecule has 2 aliphatic heterocycles. The smallest absolute Gasteiger partial charge is 0.338 e. The number of nitrogens with one attached hydrogen (secondary N) is 2. The molecule has 0 aliphatic carbocycles. The van der Waals surface area contributed by atoms with Gasteiger partial charge < -0.3 is 15.0 Å². The molecular formula is C22H23N3O6S2. The van der Waals surface area contributed by atoms with Crippen LogP contribution in [0.1, 0.15) is 30.1 Å². The van der Waals surface area contributed by atoms with E-state index < -0.39 is 27.1 Å². The summed E-state index contributed by atoms with van der Waals surface area (Å²) in [6.07, 6.45) is 1.86. The lowest BCUT2D eigenvalue weighted by atomic mass is 10.2. The summed E-state index contributed by atoms with van der Waals surface area (Å²) in [5, 5.41) is 1.79. The monoisotopic (exact) mass is 489 g/mol. The summed E-state index contributed by atoms with van der Waals surface area (Å²) in [4.78, 5) is 39.2. The van der Waals surface area contributed by atoms with E-state index >= 15 is 0 Å². The molecule has 9 nitrogen and oxygen atoms in total. The van der Waals surface area contributed by atoms with Gasteiger partial charge in [0.15, 0.2) is 5.25 Å². The number of amides is 2. The molecule has 174 valence electrons. The number of benzene rings is 2. The Balaban J connectivity index is 1.49. The highest BCUT2D eigenvalue weighted by molar-refractivity contribution is 8.01. The average Bonchev–Trinajstić information content (AvgIpc) is 3.33. The van der Waals surface area contributed by atoms with Crippen LogP contribution in [0.15, 0.2) is 52.3 Å². The van der Waals surface area contributed by atoms with Crippen LogP contribution in [0, 0.1) is 0 Å². The normalized spacial score (nSPS) is 17.8. The number of rotatable bonds is 6. The molecule has 1 unspecified atom stereocenters. The SMILES string of the molecule is CCOC(=O)c1ccc(NS(=O)(=O)c2ccc3c(c2)NC(=O)C(C(=O)N2CCCC2)S3)cc1. The number of ether oxygens (including phenoxy) is 1. The third-order valence-corrected chi connectivity index (χ3v) is 7.93.